The van der Waals surface area contributed by atoms with Gasteiger partial charge >= 0.3 is 5.97 Å². The molecule has 0 aliphatic carbocycles. The summed E-state index contributed by atoms with van der Waals surface area (Å²) in [7, 11) is 0. The third-order valence-corrected chi connectivity index (χ3v) is 2.28. The lowest BCUT2D eigenvalue weighted by molar-refractivity contribution is 0.0522. The Bertz CT molecular complexity index is 548. The van der Waals surface area contributed by atoms with E-state index >= 15 is 0 Å². The van der Waals surface area contributed by atoms with E-state index < -0.39 is 11.8 Å². The number of carbonyl (C=O) groups excluding carboxylic acids is 1. The lowest BCUT2D eigenvalue weighted by atomic mass is 10.2. The van der Waals surface area contributed by atoms with E-state index in [4.69, 9.17) is 10.5 Å². The summed E-state index contributed by atoms with van der Waals surface area (Å²) in [4.78, 5) is 14.3. The van der Waals surface area contributed by atoms with Gasteiger partial charge in [-0.3, -0.25) is 0 Å². The lowest BCUT2D eigenvalue weighted by Crippen LogP contribution is -2.07. The number of nitrogens with two attached hydrogens (primary N) is 1. The third kappa shape index (κ3) is 1.60. The molecule has 0 radical (unpaired) electrons. The second-order valence-corrected chi connectivity index (χ2v) is 3.32. The van der Waals surface area contributed by atoms with Gasteiger partial charge in [0.05, 0.1) is 12.3 Å². The number of esters is 1. The molecule has 84 valence electrons. The first-order valence-corrected chi connectivity index (χ1v) is 4.87. The first kappa shape index (κ1) is 10.5. The second-order valence-electron chi connectivity index (χ2n) is 3.32. The van der Waals surface area contributed by atoms with Crippen LogP contribution in [-0.4, -0.2) is 17.6 Å². The van der Waals surface area contributed by atoms with Crippen molar-refractivity contribution < 1.29 is 13.9 Å². The topological polar surface area (TPSA) is 68.1 Å². The highest BCUT2D eigenvalue weighted by molar-refractivity contribution is 6.05. The smallest absolute Gasteiger partial charge is 0.356 e. The Kier molecular flexibility index (Phi) is 2.52. The van der Waals surface area contributed by atoms with Crippen molar-refractivity contribution in [1.29, 1.82) is 0 Å². The number of fused-ring (bicyclic) bond motifs is 1. The molecule has 0 atom stereocenters. The summed E-state index contributed by atoms with van der Waals surface area (Å²) < 4.78 is 17.8. The monoisotopic (exact) mass is 222 g/mol. The predicted molar refractivity (Wildman–Crippen MR) is 58.6 cm³/mol. The molecule has 16 heavy (non-hydrogen) atoms. The van der Waals surface area contributed by atoms with Gasteiger partial charge in [-0.15, -0.1) is 0 Å². The van der Waals surface area contributed by atoms with Crippen LogP contribution in [0, 0.1) is 5.82 Å². The van der Waals surface area contributed by atoms with Crippen molar-refractivity contribution >= 4 is 22.6 Å². The summed E-state index contributed by atoms with van der Waals surface area (Å²) in [6, 6.07) is 4.11. The van der Waals surface area contributed by atoms with E-state index in [2.05, 4.69) is 4.98 Å². The van der Waals surface area contributed by atoms with E-state index in [9.17, 15) is 9.18 Å². The number of benzene rings is 1. The van der Waals surface area contributed by atoms with Gasteiger partial charge in [-0.05, 0) is 25.1 Å². The molecule has 0 bridgehead atoms. The molecule has 0 unspecified atom stereocenters. The zero-order chi connectivity index (χ0) is 11.7. The minimum absolute atomic E-state index is 0.169. The number of aromatic amines is 1. The molecule has 0 saturated carbocycles. The van der Waals surface area contributed by atoms with Crippen LogP contribution in [0.1, 0.15) is 17.4 Å². The number of rotatable bonds is 2. The number of nitrogen functional groups attached to an aromatic ring is 1. The van der Waals surface area contributed by atoms with E-state index in [-0.39, 0.29) is 18.0 Å². The Morgan fingerprint density at radius 2 is 2.31 bits per heavy atom. The van der Waals surface area contributed by atoms with Gasteiger partial charge in [0.2, 0.25) is 0 Å². The van der Waals surface area contributed by atoms with Gasteiger partial charge in [-0.1, -0.05) is 0 Å². The minimum atomic E-state index is -0.531. The van der Waals surface area contributed by atoms with Gasteiger partial charge in [-0.2, -0.15) is 0 Å². The summed E-state index contributed by atoms with van der Waals surface area (Å²) in [5.74, 6) is -0.926. The van der Waals surface area contributed by atoms with Gasteiger partial charge in [0, 0.05) is 10.9 Å². The fourth-order valence-corrected chi connectivity index (χ4v) is 1.55. The highest BCUT2D eigenvalue weighted by Gasteiger charge is 2.16. The lowest BCUT2D eigenvalue weighted by Gasteiger charge is -1.99. The van der Waals surface area contributed by atoms with Gasteiger partial charge in [-0.25, -0.2) is 9.18 Å². The van der Waals surface area contributed by atoms with Crippen LogP contribution in [-0.2, 0) is 4.74 Å². The van der Waals surface area contributed by atoms with Gasteiger partial charge < -0.3 is 15.5 Å². The average molecular weight is 222 g/mol. The molecule has 0 fully saturated rings. The number of hydrogen-bond acceptors (Lipinski definition) is 3. The third-order valence-electron chi connectivity index (χ3n) is 2.28. The molecular weight excluding hydrogens is 211 g/mol. The summed E-state index contributed by atoms with van der Waals surface area (Å²) in [6.07, 6.45) is 0. The van der Waals surface area contributed by atoms with Crippen LogP contribution in [0.25, 0.3) is 10.9 Å². The van der Waals surface area contributed by atoms with Crippen molar-refractivity contribution in [3.05, 3.63) is 29.7 Å². The van der Waals surface area contributed by atoms with Gasteiger partial charge in [0.1, 0.15) is 11.5 Å². The number of carbonyl (C=O) groups is 1. The first-order chi connectivity index (χ1) is 7.63. The summed E-state index contributed by atoms with van der Waals surface area (Å²) in [5.41, 5.74) is 6.74. The Morgan fingerprint density at radius 3 is 3.00 bits per heavy atom. The van der Waals surface area contributed by atoms with Crippen LogP contribution >= 0.6 is 0 Å². The number of anilines is 1. The fourth-order valence-electron chi connectivity index (χ4n) is 1.55. The average Bonchev–Trinajstić information content (AvgIpc) is 2.57. The van der Waals surface area contributed by atoms with Crippen LogP contribution < -0.4 is 5.73 Å². The Labute approximate surface area is 91.2 Å². The van der Waals surface area contributed by atoms with Crippen LogP contribution in [0.3, 0.4) is 0 Å². The Hall–Kier alpha value is -2.04. The van der Waals surface area contributed by atoms with Crippen molar-refractivity contribution in [2.24, 2.45) is 0 Å². The summed E-state index contributed by atoms with van der Waals surface area (Å²) in [5, 5.41) is 0.489. The van der Waals surface area contributed by atoms with Gasteiger partial charge in [0.25, 0.3) is 0 Å². The Balaban J connectivity index is 2.56. The zero-order valence-electron chi connectivity index (χ0n) is 8.71. The van der Waals surface area contributed by atoms with E-state index in [1.807, 2.05) is 0 Å². The quantitative estimate of drug-likeness (QED) is 0.764. The van der Waals surface area contributed by atoms with Crippen molar-refractivity contribution in [3.8, 4) is 0 Å². The van der Waals surface area contributed by atoms with Crippen molar-refractivity contribution in [3.63, 3.8) is 0 Å². The molecule has 2 rings (SSSR count). The molecule has 0 amide bonds. The van der Waals surface area contributed by atoms with Crippen molar-refractivity contribution in [1.82, 2.24) is 4.98 Å². The molecule has 0 spiro atoms. The molecule has 1 heterocycles. The molecule has 2 aromatic rings. The minimum Gasteiger partial charge on any atom is -0.461 e. The summed E-state index contributed by atoms with van der Waals surface area (Å²) >= 11 is 0. The number of H-pyrrole nitrogens is 1. The number of nitrogens with one attached hydrogen (secondary N) is 1. The molecule has 0 aliphatic rings. The molecule has 0 saturated heterocycles. The molecule has 0 aliphatic heterocycles. The highest BCUT2D eigenvalue weighted by Crippen LogP contribution is 2.25. The normalized spacial score (nSPS) is 10.6. The number of aromatic nitrogens is 1. The van der Waals surface area contributed by atoms with Crippen molar-refractivity contribution in [2.75, 3.05) is 12.3 Å². The van der Waals surface area contributed by atoms with Crippen LogP contribution in [0.5, 0.6) is 0 Å². The van der Waals surface area contributed by atoms with E-state index in [0.717, 1.165) is 0 Å². The molecule has 4 nitrogen and oxygen atoms in total. The maximum Gasteiger partial charge on any atom is 0.356 e. The van der Waals surface area contributed by atoms with Crippen LogP contribution in [0.4, 0.5) is 10.1 Å². The zero-order valence-corrected chi connectivity index (χ0v) is 8.71. The maximum absolute atomic E-state index is 13.0. The fraction of sp³-hybridized carbons (Fsp3) is 0.182. The summed E-state index contributed by atoms with van der Waals surface area (Å²) in [6.45, 7) is 1.97. The van der Waals surface area contributed by atoms with Crippen LogP contribution in [0.2, 0.25) is 0 Å². The van der Waals surface area contributed by atoms with Crippen LogP contribution in [0.15, 0.2) is 18.2 Å². The maximum atomic E-state index is 13.0. The van der Waals surface area contributed by atoms with Crippen molar-refractivity contribution in [2.45, 2.75) is 6.92 Å². The van der Waals surface area contributed by atoms with Gasteiger partial charge in [0.15, 0.2) is 0 Å². The first-order valence-electron chi connectivity index (χ1n) is 4.87. The molecule has 5 heteroatoms. The van der Waals surface area contributed by atoms with E-state index in [0.29, 0.717) is 10.9 Å². The Morgan fingerprint density at radius 1 is 1.56 bits per heavy atom. The largest absolute Gasteiger partial charge is 0.461 e. The predicted octanol–water partition coefficient (Wildman–Crippen LogP) is 2.07. The SMILES string of the molecule is CCOC(=O)c1[nH]c2ccc(F)cc2c1N. The molecule has 1 aromatic carbocycles. The highest BCUT2D eigenvalue weighted by atomic mass is 19.1. The number of ether oxygens (including phenoxy) is 1. The van der Waals surface area contributed by atoms with E-state index in [1.54, 1.807) is 6.92 Å². The second kappa shape index (κ2) is 3.84. The number of hydrogen-bond donors (Lipinski definition) is 2. The molecule has 3 N–H and O–H groups in total. The molecular formula is C11H11FN2O2. The molecule has 1 aromatic heterocycles. The van der Waals surface area contributed by atoms with E-state index in [1.165, 1.54) is 18.2 Å². The number of halogens is 1. The standard InChI is InChI=1S/C11H11FN2O2/c1-2-16-11(15)10-9(13)7-5-6(12)3-4-8(7)14-10/h3-5,14H,2,13H2,1H3.